The maximum Gasteiger partial charge on any atom is 0.338 e. The van der Waals surface area contributed by atoms with Crippen LogP contribution in [-0.2, 0) is 4.74 Å². The normalized spacial score (nSPS) is 28.8. The Balaban J connectivity index is 1.65. The van der Waals surface area contributed by atoms with E-state index in [-0.39, 0.29) is 5.97 Å². The van der Waals surface area contributed by atoms with Crippen LogP contribution in [-0.4, -0.2) is 41.0 Å². The molecule has 3 saturated heterocycles. The lowest BCUT2D eigenvalue weighted by Crippen LogP contribution is -2.53. The van der Waals surface area contributed by atoms with Crippen molar-refractivity contribution in [2.75, 3.05) is 24.1 Å². The minimum Gasteiger partial charge on any atom is -0.462 e. The maximum atomic E-state index is 11.6. The summed E-state index contributed by atoms with van der Waals surface area (Å²) < 4.78 is 6.22. The molecular formula is C19H22INO2. The minimum absolute atomic E-state index is 0.269. The number of hydrogen-bond acceptors (Lipinski definition) is 3. The highest BCUT2D eigenvalue weighted by Gasteiger charge is 2.38. The summed E-state index contributed by atoms with van der Waals surface area (Å²) in [7, 11) is 0. The van der Waals surface area contributed by atoms with E-state index in [1.54, 1.807) is 12.1 Å². The largest absolute Gasteiger partial charge is 0.462 e. The predicted octanol–water partition coefficient (Wildman–Crippen LogP) is 3.36. The van der Waals surface area contributed by atoms with Gasteiger partial charge in [-0.2, -0.15) is 0 Å². The number of nitrogens with zero attached hydrogens (tertiary/aromatic N) is 1. The number of alkyl halides is 1. The van der Waals surface area contributed by atoms with Crippen molar-refractivity contribution < 1.29 is 9.53 Å². The molecule has 1 unspecified atom stereocenters. The number of carbonyl (C=O) groups excluding carboxylic acids is 1. The van der Waals surface area contributed by atoms with Crippen LogP contribution >= 0.6 is 22.6 Å². The van der Waals surface area contributed by atoms with E-state index in [0.717, 1.165) is 24.1 Å². The molecule has 3 fully saturated rings. The van der Waals surface area contributed by atoms with E-state index >= 15 is 0 Å². The van der Waals surface area contributed by atoms with Crippen LogP contribution < -0.4 is 0 Å². The lowest BCUT2D eigenvalue weighted by Gasteiger charge is -2.48. The maximum absolute atomic E-state index is 11.6. The van der Waals surface area contributed by atoms with Crippen molar-refractivity contribution in [1.29, 1.82) is 0 Å². The average molecular weight is 423 g/mol. The quantitative estimate of drug-likeness (QED) is 0.323. The van der Waals surface area contributed by atoms with E-state index in [1.807, 2.05) is 19.1 Å². The van der Waals surface area contributed by atoms with Gasteiger partial charge in [0.15, 0.2) is 0 Å². The molecule has 0 aromatic heterocycles. The summed E-state index contributed by atoms with van der Waals surface area (Å²) in [5, 5.41) is 0. The highest BCUT2D eigenvalue weighted by molar-refractivity contribution is 14.1. The first-order valence-electron chi connectivity index (χ1n) is 8.30. The molecular weight excluding hydrogens is 401 g/mol. The van der Waals surface area contributed by atoms with Crippen molar-refractivity contribution in [1.82, 2.24) is 4.90 Å². The molecule has 3 heterocycles. The van der Waals surface area contributed by atoms with Crippen molar-refractivity contribution in [3.63, 3.8) is 0 Å². The third-order valence-corrected chi connectivity index (χ3v) is 5.87. The number of ether oxygens (including phenoxy) is 1. The Bertz CT molecular complexity index is 616. The number of fused-ring (bicyclic) bond motifs is 3. The average Bonchev–Trinajstić information content (AvgIpc) is 2.61. The smallest absolute Gasteiger partial charge is 0.338 e. The zero-order chi connectivity index (χ0) is 16.2. The van der Waals surface area contributed by atoms with Gasteiger partial charge in [-0.05, 0) is 56.5 Å². The van der Waals surface area contributed by atoms with E-state index < -0.39 is 0 Å². The van der Waals surface area contributed by atoms with E-state index in [2.05, 4.69) is 39.3 Å². The lowest BCUT2D eigenvalue weighted by molar-refractivity contribution is 0.0346. The molecule has 1 aromatic carbocycles. The highest BCUT2D eigenvalue weighted by Crippen LogP contribution is 2.36. The van der Waals surface area contributed by atoms with Crippen molar-refractivity contribution in [3.8, 4) is 11.8 Å². The molecule has 0 spiro atoms. The molecule has 0 N–H and O–H groups in total. The minimum atomic E-state index is -0.269. The third-order valence-electron chi connectivity index (χ3n) is 4.85. The number of halogens is 1. The number of rotatable bonds is 3. The van der Waals surface area contributed by atoms with Crippen molar-refractivity contribution in [3.05, 3.63) is 35.4 Å². The summed E-state index contributed by atoms with van der Waals surface area (Å²) in [6.07, 6.45) is 2.58. The fourth-order valence-electron chi connectivity index (χ4n) is 3.54. The zero-order valence-electron chi connectivity index (χ0n) is 13.4. The van der Waals surface area contributed by atoms with Crippen LogP contribution in [0.4, 0.5) is 0 Å². The van der Waals surface area contributed by atoms with Gasteiger partial charge in [0.2, 0.25) is 0 Å². The number of benzene rings is 1. The Morgan fingerprint density at radius 2 is 2.17 bits per heavy atom. The van der Waals surface area contributed by atoms with Gasteiger partial charge in [-0.3, -0.25) is 4.90 Å². The summed E-state index contributed by atoms with van der Waals surface area (Å²) in [6, 6.07) is 8.17. The van der Waals surface area contributed by atoms with Crippen LogP contribution in [0.25, 0.3) is 0 Å². The van der Waals surface area contributed by atoms with Crippen LogP contribution in [0.5, 0.6) is 0 Å². The van der Waals surface area contributed by atoms with E-state index in [4.69, 9.17) is 4.74 Å². The summed E-state index contributed by atoms with van der Waals surface area (Å²) in [5.74, 6) is 7.76. The van der Waals surface area contributed by atoms with Gasteiger partial charge in [0, 0.05) is 28.5 Å². The molecule has 0 radical (unpaired) electrons. The van der Waals surface area contributed by atoms with Crippen LogP contribution in [0.3, 0.4) is 0 Å². The summed E-state index contributed by atoms with van der Waals surface area (Å²) >= 11 is 2.50. The van der Waals surface area contributed by atoms with Crippen molar-refractivity contribution in [2.24, 2.45) is 11.8 Å². The molecule has 4 rings (SSSR count). The molecule has 3 aliphatic heterocycles. The third kappa shape index (κ3) is 3.89. The first-order chi connectivity index (χ1) is 11.2. The number of hydrogen-bond donors (Lipinski definition) is 0. The number of piperidine rings is 3. The molecule has 3 aliphatic rings. The number of carbonyl (C=O) groups is 1. The molecule has 4 atom stereocenters. The molecule has 122 valence electrons. The predicted molar refractivity (Wildman–Crippen MR) is 99.7 cm³/mol. The molecule has 3 nitrogen and oxygen atoms in total. The topological polar surface area (TPSA) is 29.5 Å². The molecule has 0 aliphatic carbocycles. The van der Waals surface area contributed by atoms with Crippen LogP contribution in [0.2, 0.25) is 0 Å². The molecule has 23 heavy (non-hydrogen) atoms. The van der Waals surface area contributed by atoms with Gasteiger partial charge in [0.1, 0.15) is 0 Å². The summed E-state index contributed by atoms with van der Waals surface area (Å²) in [5.41, 5.74) is 1.56. The second kappa shape index (κ2) is 7.67. The van der Waals surface area contributed by atoms with Gasteiger partial charge in [0.25, 0.3) is 0 Å². The molecule has 4 heteroatoms. The Labute approximate surface area is 151 Å². The van der Waals surface area contributed by atoms with E-state index in [1.165, 1.54) is 23.8 Å². The van der Waals surface area contributed by atoms with E-state index in [9.17, 15) is 4.79 Å². The Hall–Kier alpha value is -1.06. The van der Waals surface area contributed by atoms with Gasteiger partial charge in [-0.15, -0.1) is 0 Å². The van der Waals surface area contributed by atoms with Crippen LogP contribution in [0, 0.1) is 23.7 Å². The van der Waals surface area contributed by atoms with Gasteiger partial charge >= 0.3 is 5.97 Å². The fourth-order valence-corrected chi connectivity index (χ4v) is 4.46. The Morgan fingerprint density at radius 1 is 1.39 bits per heavy atom. The lowest BCUT2D eigenvalue weighted by atomic mass is 9.76. The van der Waals surface area contributed by atoms with Crippen LogP contribution in [0.15, 0.2) is 24.3 Å². The summed E-state index contributed by atoms with van der Waals surface area (Å²) in [6.45, 7) is 4.57. The van der Waals surface area contributed by atoms with Gasteiger partial charge < -0.3 is 4.74 Å². The standard InChI is InChI=1S/C19H22INO2/c1-2-23-19(22)15-6-3-14(4-7-15)5-8-17-13-21-10-9-16(17)11-18(21)12-20/h3-4,6-7,16-18H,2,9-13H2,1H3/t16-,17-,18-/m0/s1. The molecule has 0 amide bonds. The highest BCUT2D eigenvalue weighted by atomic mass is 127. The van der Waals surface area contributed by atoms with E-state index in [0.29, 0.717) is 18.1 Å². The SMILES string of the molecule is CCOC(=O)c1ccc(C#C[C@H]2CN3CC[C@H]2C[C@H]3CI)cc1. The molecule has 0 saturated carbocycles. The van der Waals surface area contributed by atoms with Gasteiger partial charge in [0.05, 0.1) is 12.2 Å². The van der Waals surface area contributed by atoms with Crippen molar-refractivity contribution in [2.45, 2.75) is 25.8 Å². The fraction of sp³-hybridized carbons (Fsp3) is 0.526. The van der Waals surface area contributed by atoms with Crippen LogP contribution in [0.1, 0.15) is 35.7 Å². The zero-order valence-corrected chi connectivity index (χ0v) is 15.6. The first kappa shape index (κ1) is 16.8. The first-order valence-corrected chi connectivity index (χ1v) is 9.82. The van der Waals surface area contributed by atoms with Gasteiger partial charge in [-0.25, -0.2) is 4.79 Å². The monoisotopic (exact) mass is 423 g/mol. The Morgan fingerprint density at radius 3 is 2.78 bits per heavy atom. The summed E-state index contributed by atoms with van der Waals surface area (Å²) in [4.78, 5) is 14.2. The molecule has 1 aromatic rings. The van der Waals surface area contributed by atoms with Gasteiger partial charge in [-0.1, -0.05) is 34.4 Å². The number of esters is 1. The second-order valence-electron chi connectivity index (χ2n) is 6.26. The van der Waals surface area contributed by atoms with Crippen molar-refractivity contribution >= 4 is 28.6 Å². The second-order valence-corrected chi connectivity index (χ2v) is 7.14. The molecule has 2 bridgehead atoms. The Kier molecular flexibility index (Phi) is 5.60.